The highest BCUT2D eigenvalue weighted by Crippen LogP contribution is 2.30. The van der Waals surface area contributed by atoms with Crippen molar-refractivity contribution in [3.63, 3.8) is 0 Å². The number of amides is 3. The molecule has 1 aromatic carbocycles. The van der Waals surface area contributed by atoms with Crippen LogP contribution in [0, 0.1) is 5.92 Å². The summed E-state index contributed by atoms with van der Waals surface area (Å²) in [4.78, 5) is 45.7. The fourth-order valence-corrected chi connectivity index (χ4v) is 5.00. The van der Waals surface area contributed by atoms with Crippen LogP contribution < -0.4 is 16.4 Å². The van der Waals surface area contributed by atoms with Crippen LogP contribution in [0.25, 0.3) is 15.4 Å². The quantitative estimate of drug-likeness (QED) is 0.461. The van der Waals surface area contributed by atoms with Crippen LogP contribution in [0.4, 0.5) is 16.3 Å². The number of methoxy groups -OCH3 is 1. The number of ether oxygens (including phenoxy) is 1. The molecule has 34 heavy (non-hydrogen) atoms. The molecule has 3 amide bonds. The van der Waals surface area contributed by atoms with Gasteiger partial charge < -0.3 is 26.0 Å². The minimum Gasteiger partial charge on any atom is -0.453 e. The number of hydrogen-bond acceptors (Lipinski definition) is 7. The van der Waals surface area contributed by atoms with Crippen molar-refractivity contribution >= 4 is 45.7 Å². The highest BCUT2D eigenvalue weighted by molar-refractivity contribution is 7.20. The molecule has 0 bridgehead atoms. The summed E-state index contributed by atoms with van der Waals surface area (Å²) in [6.45, 7) is 4.12. The van der Waals surface area contributed by atoms with Crippen LogP contribution in [0.3, 0.4) is 0 Å². The van der Waals surface area contributed by atoms with Gasteiger partial charge in [0.2, 0.25) is 11.8 Å². The zero-order valence-corrected chi connectivity index (χ0v) is 20.1. The van der Waals surface area contributed by atoms with E-state index in [0.717, 1.165) is 15.4 Å². The predicted octanol–water partition coefficient (Wildman–Crippen LogP) is 2.96. The predicted molar refractivity (Wildman–Crippen MR) is 130 cm³/mol. The summed E-state index contributed by atoms with van der Waals surface area (Å²) in [6, 6.07) is 6.21. The molecule has 0 spiro atoms. The molecule has 10 nitrogen and oxygen atoms in total. The van der Waals surface area contributed by atoms with Crippen LogP contribution in [0.5, 0.6) is 0 Å². The van der Waals surface area contributed by atoms with Gasteiger partial charge in [-0.3, -0.25) is 14.0 Å². The normalized spacial score (nSPS) is 16.6. The van der Waals surface area contributed by atoms with E-state index in [-0.39, 0.29) is 17.7 Å². The van der Waals surface area contributed by atoms with Gasteiger partial charge in [0.25, 0.3) is 0 Å². The van der Waals surface area contributed by atoms with Crippen LogP contribution in [0.2, 0.25) is 0 Å². The molecule has 3 aromatic rings. The smallest absolute Gasteiger partial charge is 0.407 e. The van der Waals surface area contributed by atoms with Crippen LogP contribution in [0.1, 0.15) is 26.7 Å². The molecule has 1 saturated heterocycles. The molecule has 4 rings (SSSR count). The van der Waals surface area contributed by atoms with Crippen molar-refractivity contribution in [3.05, 3.63) is 36.7 Å². The van der Waals surface area contributed by atoms with E-state index in [1.165, 1.54) is 23.3 Å². The molecule has 1 aliphatic rings. The van der Waals surface area contributed by atoms with Gasteiger partial charge >= 0.3 is 6.09 Å². The molecule has 2 aromatic heterocycles. The number of carbonyl (C=O) groups is 3. The van der Waals surface area contributed by atoms with Crippen LogP contribution in [-0.2, 0) is 14.3 Å². The van der Waals surface area contributed by atoms with Gasteiger partial charge in [-0.2, -0.15) is 0 Å². The number of nitrogens with zero attached hydrogens (tertiary/aromatic N) is 3. The number of thiazole rings is 1. The summed E-state index contributed by atoms with van der Waals surface area (Å²) in [5, 5.41) is 5.43. The largest absolute Gasteiger partial charge is 0.453 e. The van der Waals surface area contributed by atoms with E-state index in [9.17, 15) is 14.4 Å². The Morgan fingerprint density at radius 1 is 1.21 bits per heavy atom. The fraction of sp³-hybridized carbons (Fsp3) is 0.391. The van der Waals surface area contributed by atoms with Crippen molar-refractivity contribution in [3.8, 4) is 10.4 Å². The molecule has 11 heteroatoms. The monoisotopic (exact) mass is 484 g/mol. The van der Waals surface area contributed by atoms with Crippen LogP contribution >= 0.6 is 11.3 Å². The van der Waals surface area contributed by atoms with Crippen LogP contribution in [-0.4, -0.2) is 57.9 Å². The second-order valence-corrected chi connectivity index (χ2v) is 9.58. The first-order valence-corrected chi connectivity index (χ1v) is 11.9. The number of aromatic nitrogens is 2. The Labute approximate surface area is 201 Å². The number of rotatable bonds is 6. The number of fused-ring (bicyclic) bond motifs is 1. The number of alkyl carbamates (subject to hydrolysis) is 1. The molecule has 2 atom stereocenters. The molecular weight excluding hydrogens is 456 g/mol. The number of nitrogens with two attached hydrogens (primary N) is 1. The molecular formula is C23H28N6O4S. The number of likely N-dealkylation sites (tertiary alicyclic amines) is 1. The van der Waals surface area contributed by atoms with Gasteiger partial charge in [0, 0.05) is 18.4 Å². The number of carbonyl (C=O) groups excluding carboxylic acids is 3. The van der Waals surface area contributed by atoms with Gasteiger partial charge in [0.15, 0.2) is 10.8 Å². The zero-order chi connectivity index (χ0) is 24.4. The lowest BCUT2D eigenvalue weighted by molar-refractivity contribution is -0.139. The molecule has 0 saturated carbocycles. The zero-order valence-electron chi connectivity index (χ0n) is 19.3. The maximum Gasteiger partial charge on any atom is 0.407 e. The molecule has 180 valence electrons. The molecule has 0 radical (unpaired) electrons. The van der Waals surface area contributed by atoms with Crippen molar-refractivity contribution in [1.82, 2.24) is 19.6 Å². The van der Waals surface area contributed by atoms with Gasteiger partial charge in [-0.25, -0.2) is 9.78 Å². The van der Waals surface area contributed by atoms with Gasteiger partial charge in [-0.1, -0.05) is 37.3 Å². The van der Waals surface area contributed by atoms with Crippen molar-refractivity contribution in [2.45, 2.75) is 38.8 Å². The average Bonchev–Trinajstić information content (AvgIpc) is 3.52. The van der Waals surface area contributed by atoms with Crippen LogP contribution in [0.15, 0.2) is 36.7 Å². The molecule has 1 fully saturated rings. The lowest BCUT2D eigenvalue weighted by atomic mass is 10.0. The number of benzene rings is 1. The third-order valence-corrected chi connectivity index (χ3v) is 6.88. The highest BCUT2D eigenvalue weighted by Gasteiger charge is 2.39. The Kier molecular flexibility index (Phi) is 6.73. The number of hydrogen-bond donors (Lipinski definition) is 3. The highest BCUT2D eigenvalue weighted by atomic mass is 32.1. The van der Waals surface area contributed by atoms with Gasteiger partial charge in [-0.15, -0.1) is 0 Å². The Morgan fingerprint density at radius 2 is 1.94 bits per heavy atom. The topological polar surface area (TPSA) is 131 Å². The third kappa shape index (κ3) is 4.84. The van der Waals surface area contributed by atoms with E-state index in [4.69, 9.17) is 5.73 Å². The standard InChI is InChI=1S/C23H28N6O4S/c1-13(2)19(27-23(32)33-3)21(31)29-10-4-5-16(29)20(30)25-18-12-28-11-17(34-22(28)26-18)14-6-8-15(24)9-7-14/h6-9,11-13,16,19H,4-5,10,24H2,1-3H3,(H,25,30)(H,27,32). The lowest BCUT2D eigenvalue weighted by Crippen LogP contribution is -2.54. The van der Waals surface area contributed by atoms with Crippen molar-refractivity contribution in [2.75, 3.05) is 24.7 Å². The Morgan fingerprint density at radius 3 is 2.59 bits per heavy atom. The summed E-state index contributed by atoms with van der Waals surface area (Å²) < 4.78 is 6.50. The molecule has 1 aliphatic heterocycles. The summed E-state index contributed by atoms with van der Waals surface area (Å²) >= 11 is 1.50. The molecule has 4 N–H and O–H groups in total. The summed E-state index contributed by atoms with van der Waals surface area (Å²) in [5.74, 6) is -0.327. The summed E-state index contributed by atoms with van der Waals surface area (Å²) in [6.07, 6.45) is 4.27. The van der Waals surface area contributed by atoms with E-state index in [2.05, 4.69) is 20.4 Å². The second-order valence-electron chi connectivity index (χ2n) is 8.57. The van der Waals surface area contributed by atoms with E-state index in [0.29, 0.717) is 30.9 Å². The van der Waals surface area contributed by atoms with Gasteiger partial charge in [0.05, 0.1) is 18.2 Å². The SMILES string of the molecule is COC(=O)NC(C(=O)N1CCCC1C(=O)Nc1cn2cc(-c3ccc(N)cc3)sc2n1)C(C)C. The number of nitrogens with one attached hydrogen (secondary N) is 2. The summed E-state index contributed by atoms with van der Waals surface area (Å²) in [5.41, 5.74) is 7.50. The van der Waals surface area contributed by atoms with E-state index in [1.807, 2.05) is 48.7 Å². The second kappa shape index (κ2) is 9.72. The maximum atomic E-state index is 13.1. The number of nitrogen functional groups attached to an aromatic ring is 1. The minimum absolute atomic E-state index is 0.161. The third-order valence-electron chi connectivity index (χ3n) is 5.83. The number of anilines is 2. The Balaban J connectivity index is 1.45. The van der Waals surface area contributed by atoms with Crippen molar-refractivity contribution in [1.29, 1.82) is 0 Å². The van der Waals surface area contributed by atoms with E-state index < -0.39 is 18.2 Å². The van der Waals surface area contributed by atoms with Gasteiger partial charge in [-0.05, 0) is 36.5 Å². The maximum absolute atomic E-state index is 13.1. The van der Waals surface area contributed by atoms with Gasteiger partial charge in [0.1, 0.15) is 12.1 Å². The lowest BCUT2D eigenvalue weighted by Gasteiger charge is -2.30. The first kappa shape index (κ1) is 23.6. The molecule has 2 unspecified atom stereocenters. The molecule has 0 aliphatic carbocycles. The average molecular weight is 485 g/mol. The van der Waals surface area contributed by atoms with Crippen molar-refractivity contribution < 1.29 is 19.1 Å². The fourth-order valence-electron chi connectivity index (χ4n) is 4.03. The number of imidazole rings is 1. The summed E-state index contributed by atoms with van der Waals surface area (Å²) in [7, 11) is 1.25. The molecule has 3 heterocycles. The minimum atomic E-state index is -0.773. The van der Waals surface area contributed by atoms with E-state index in [1.54, 1.807) is 6.20 Å². The Hall–Kier alpha value is -3.60. The first-order chi connectivity index (χ1) is 16.3. The first-order valence-electron chi connectivity index (χ1n) is 11.1. The Bertz CT molecular complexity index is 1170. The van der Waals surface area contributed by atoms with E-state index >= 15 is 0 Å². The van der Waals surface area contributed by atoms with Crippen molar-refractivity contribution in [2.24, 2.45) is 5.92 Å².